The third kappa shape index (κ3) is 4.46. The maximum Gasteiger partial charge on any atom is 0.328 e. The molecule has 0 atom stereocenters. The zero-order valence-corrected chi connectivity index (χ0v) is 19.7. The van der Waals surface area contributed by atoms with E-state index >= 15 is 0 Å². The van der Waals surface area contributed by atoms with E-state index in [-0.39, 0.29) is 0 Å². The molecule has 3 aliphatic heterocycles. The van der Waals surface area contributed by atoms with E-state index in [1.807, 2.05) is 6.07 Å². The van der Waals surface area contributed by atoms with Crippen LogP contribution < -0.4 is 20.3 Å². The van der Waals surface area contributed by atoms with Crippen molar-refractivity contribution in [1.82, 2.24) is 20.5 Å². The van der Waals surface area contributed by atoms with Crippen molar-refractivity contribution in [3.8, 4) is 11.6 Å². The summed E-state index contributed by atoms with van der Waals surface area (Å²) in [5.41, 5.74) is 1.78. The quantitative estimate of drug-likeness (QED) is 0.458. The highest BCUT2D eigenvalue weighted by atomic mass is 16.5. The number of barbiturate groups is 1. The van der Waals surface area contributed by atoms with E-state index in [9.17, 15) is 14.4 Å². The Bertz CT molecular complexity index is 1120. The minimum absolute atomic E-state index is 0.329. The summed E-state index contributed by atoms with van der Waals surface area (Å²) < 4.78 is 11.2. The highest BCUT2D eigenvalue weighted by Gasteiger charge is 2.57. The van der Waals surface area contributed by atoms with Gasteiger partial charge in [0.15, 0.2) is 5.54 Å². The number of carbonyl (C=O) groups excluding carboxylic acids is 3. The van der Waals surface area contributed by atoms with Gasteiger partial charge >= 0.3 is 6.03 Å². The molecule has 10 heteroatoms. The molecule has 2 fully saturated rings. The molecule has 4 heterocycles. The Labute approximate surface area is 203 Å². The van der Waals surface area contributed by atoms with E-state index in [1.54, 1.807) is 30.3 Å². The van der Waals surface area contributed by atoms with Crippen molar-refractivity contribution in [3.63, 3.8) is 0 Å². The lowest BCUT2D eigenvalue weighted by molar-refractivity contribution is -0.137. The average molecular weight is 480 g/mol. The van der Waals surface area contributed by atoms with Gasteiger partial charge < -0.3 is 14.4 Å². The predicted octanol–water partition coefficient (Wildman–Crippen LogP) is 1.97. The Hall–Kier alpha value is -3.50. The number of carbonyl (C=O) groups is 3. The molecule has 0 saturated carbocycles. The van der Waals surface area contributed by atoms with E-state index in [2.05, 4.69) is 32.7 Å². The zero-order valence-electron chi connectivity index (χ0n) is 19.7. The van der Waals surface area contributed by atoms with Gasteiger partial charge in [-0.15, -0.1) is 0 Å². The molecule has 3 aliphatic rings. The highest BCUT2D eigenvalue weighted by molar-refractivity contribution is 6.24. The summed E-state index contributed by atoms with van der Waals surface area (Å²) in [6.07, 6.45) is 4.56. The van der Waals surface area contributed by atoms with Crippen molar-refractivity contribution in [1.29, 1.82) is 0 Å². The van der Waals surface area contributed by atoms with E-state index in [4.69, 9.17) is 9.47 Å². The summed E-state index contributed by atoms with van der Waals surface area (Å²) >= 11 is 0. The summed E-state index contributed by atoms with van der Waals surface area (Å²) in [6.45, 7) is 4.25. The smallest absolute Gasteiger partial charge is 0.328 e. The second kappa shape index (κ2) is 9.63. The first-order valence-electron chi connectivity index (χ1n) is 11.9. The number of anilines is 1. The third-order valence-corrected chi connectivity index (χ3v) is 6.93. The first-order chi connectivity index (χ1) is 17.0. The van der Waals surface area contributed by atoms with Crippen LogP contribution in [0.1, 0.15) is 30.4 Å². The molecule has 0 bridgehead atoms. The van der Waals surface area contributed by atoms with Crippen LogP contribution in [0.25, 0.3) is 0 Å². The lowest BCUT2D eigenvalue weighted by Crippen LogP contribution is -2.71. The number of imide groups is 2. The van der Waals surface area contributed by atoms with Crippen LogP contribution in [0.5, 0.6) is 11.6 Å². The number of ether oxygens (including phenoxy) is 2. The van der Waals surface area contributed by atoms with Crippen molar-refractivity contribution < 1.29 is 23.9 Å². The summed E-state index contributed by atoms with van der Waals surface area (Å²) in [6, 6.07) is 8.85. The molecule has 0 aliphatic carbocycles. The minimum Gasteiger partial charge on any atom is -0.439 e. The van der Waals surface area contributed by atoms with Gasteiger partial charge in [-0.1, -0.05) is 6.07 Å². The van der Waals surface area contributed by atoms with Gasteiger partial charge in [-0.2, -0.15) is 0 Å². The fourth-order valence-electron chi connectivity index (χ4n) is 5.18. The van der Waals surface area contributed by atoms with Crippen LogP contribution in [0.15, 0.2) is 36.5 Å². The maximum atomic E-state index is 12.6. The maximum absolute atomic E-state index is 12.6. The van der Waals surface area contributed by atoms with Gasteiger partial charge in [-0.05, 0) is 55.0 Å². The van der Waals surface area contributed by atoms with Gasteiger partial charge in [0.05, 0.1) is 11.9 Å². The molecule has 2 aromatic rings. The molecule has 2 saturated heterocycles. The Morgan fingerprint density at radius 1 is 1.06 bits per heavy atom. The van der Waals surface area contributed by atoms with E-state index in [1.165, 1.54) is 11.1 Å². The Morgan fingerprint density at radius 3 is 2.63 bits per heavy atom. The van der Waals surface area contributed by atoms with Crippen LogP contribution in [0.4, 0.5) is 10.5 Å². The third-order valence-electron chi connectivity index (χ3n) is 6.93. The molecular weight excluding hydrogens is 450 g/mol. The fraction of sp³-hybridized carbons (Fsp3) is 0.440. The number of nitrogens with one attached hydrogen (secondary N) is 2. The summed E-state index contributed by atoms with van der Waals surface area (Å²) in [4.78, 5) is 45.4. The number of hydrogen-bond donors (Lipinski definition) is 2. The number of nitrogens with zero attached hydrogens (tertiary/aromatic N) is 3. The average Bonchev–Trinajstić information content (AvgIpc) is 3.30. The van der Waals surface area contributed by atoms with Crippen molar-refractivity contribution in [2.75, 3.05) is 38.3 Å². The molecule has 5 rings (SSSR count). The molecule has 0 unspecified atom stereocenters. The second-order valence-corrected chi connectivity index (χ2v) is 9.11. The zero-order chi connectivity index (χ0) is 24.4. The summed E-state index contributed by atoms with van der Waals surface area (Å²) in [7, 11) is 1.73. The number of pyridine rings is 1. The van der Waals surface area contributed by atoms with Gasteiger partial charge in [0, 0.05) is 46.0 Å². The number of urea groups is 1. The number of methoxy groups -OCH3 is 1. The van der Waals surface area contributed by atoms with E-state index in [0.717, 1.165) is 44.8 Å². The first-order valence-corrected chi connectivity index (χ1v) is 11.9. The number of benzene rings is 1. The van der Waals surface area contributed by atoms with Crippen LogP contribution in [-0.2, 0) is 27.3 Å². The van der Waals surface area contributed by atoms with Crippen LogP contribution in [0.3, 0.4) is 0 Å². The van der Waals surface area contributed by atoms with Gasteiger partial charge in [-0.25, -0.2) is 9.78 Å². The summed E-state index contributed by atoms with van der Waals surface area (Å²) in [5, 5.41) is 4.44. The van der Waals surface area contributed by atoms with Crippen molar-refractivity contribution >= 4 is 23.5 Å². The normalized spacial score (nSPS) is 19.5. The van der Waals surface area contributed by atoms with Crippen molar-refractivity contribution in [3.05, 3.63) is 47.7 Å². The lowest BCUT2D eigenvalue weighted by atomic mass is 9.92. The van der Waals surface area contributed by atoms with Crippen molar-refractivity contribution in [2.24, 2.45) is 0 Å². The topological polar surface area (TPSA) is 113 Å². The fourth-order valence-corrected chi connectivity index (χ4v) is 5.18. The molecule has 4 amide bonds. The lowest BCUT2D eigenvalue weighted by Gasteiger charge is -2.38. The standard InChI is InChI=1S/C25H29N5O5/c1-34-13-3-10-29-12-8-17-14-20(6-4-18(17)16-29)35-21-7-5-19(15-26-21)30-11-2-9-25(30)22(31)27-24(33)28-23(25)32/h4-7,14-15H,2-3,8-13,16H2,1H3,(H2,27,28,31,32,33). The largest absolute Gasteiger partial charge is 0.439 e. The number of fused-ring (bicyclic) bond motifs is 1. The molecule has 1 spiro atoms. The first kappa shape index (κ1) is 23.3. The Kier molecular flexibility index (Phi) is 6.40. The molecule has 1 aromatic carbocycles. The van der Waals surface area contributed by atoms with Crippen LogP contribution in [0, 0.1) is 0 Å². The molecular formula is C25H29N5O5. The Balaban J connectivity index is 1.26. The number of hydrogen-bond acceptors (Lipinski definition) is 8. The molecule has 1 aromatic heterocycles. The molecule has 0 radical (unpaired) electrons. The Morgan fingerprint density at radius 2 is 1.89 bits per heavy atom. The molecule has 2 N–H and O–H groups in total. The van der Waals surface area contributed by atoms with Gasteiger partial charge in [0.1, 0.15) is 5.75 Å². The van der Waals surface area contributed by atoms with Crippen LogP contribution in [0.2, 0.25) is 0 Å². The van der Waals surface area contributed by atoms with Crippen LogP contribution >= 0.6 is 0 Å². The van der Waals surface area contributed by atoms with Gasteiger partial charge in [-0.3, -0.25) is 25.1 Å². The van der Waals surface area contributed by atoms with Crippen molar-refractivity contribution in [2.45, 2.75) is 37.8 Å². The van der Waals surface area contributed by atoms with Gasteiger partial charge in [0.25, 0.3) is 11.8 Å². The van der Waals surface area contributed by atoms with Crippen LogP contribution in [-0.4, -0.2) is 66.6 Å². The summed E-state index contributed by atoms with van der Waals surface area (Å²) in [5.74, 6) is -0.0588. The molecule has 184 valence electrons. The minimum atomic E-state index is -1.44. The number of amides is 4. The molecule has 35 heavy (non-hydrogen) atoms. The van der Waals surface area contributed by atoms with E-state index < -0.39 is 23.4 Å². The van der Waals surface area contributed by atoms with Gasteiger partial charge in [0.2, 0.25) is 5.88 Å². The number of rotatable bonds is 7. The van der Waals surface area contributed by atoms with E-state index in [0.29, 0.717) is 31.0 Å². The monoisotopic (exact) mass is 479 g/mol. The SMILES string of the molecule is COCCCN1CCc2cc(Oc3ccc(N4CCCC45C(=O)NC(=O)NC5=O)cn3)ccc2C1. The molecule has 10 nitrogen and oxygen atoms in total. The second-order valence-electron chi connectivity index (χ2n) is 9.11. The predicted molar refractivity (Wildman–Crippen MR) is 127 cm³/mol. The highest BCUT2D eigenvalue weighted by Crippen LogP contribution is 2.36. The number of aromatic nitrogens is 1.